The molecular formula is C22H19ClF5N5O3. The smallest absolute Gasteiger partial charge is 0.339 e. The predicted molar refractivity (Wildman–Crippen MR) is 118 cm³/mol. The summed E-state index contributed by atoms with van der Waals surface area (Å²) in [6.07, 6.45) is -6.50. The van der Waals surface area contributed by atoms with E-state index < -0.39 is 36.2 Å². The standard InChI is InChI=1S/C22H19ClF5N5O3/c1-3-33(31-18(34)9-22(26,27)28)21(35)29-10-13-5-4-12(6-16(13)24)15-7-14(23)8-17(25)19(15)20-30-11(2)36-32-20/h4-8H,3,9-10H2,1-2H3,(H,29,35)(H,31,34). The van der Waals surface area contributed by atoms with Gasteiger partial charge in [-0.15, -0.1) is 0 Å². The molecule has 2 N–H and O–H groups in total. The summed E-state index contributed by atoms with van der Waals surface area (Å²) in [5.41, 5.74) is 2.23. The number of benzene rings is 2. The summed E-state index contributed by atoms with van der Waals surface area (Å²) in [4.78, 5) is 27.7. The maximum absolute atomic E-state index is 14.9. The van der Waals surface area contributed by atoms with E-state index in [1.54, 1.807) is 0 Å². The van der Waals surface area contributed by atoms with E-state index in [0.717, 1.165) is 12.1 Å². The van der Waals surface area contributed by atoms with Gasteiger partial charge in [-0.3, -0.25) is 10.2 Å². The van der Waals surface area contributed by atoms with Crippen LogP contribution in [0.5, 0.6) is 0 Å². The van der Waals surface area contributed by atoms with Gasteiger partial charge in [0, 0.05) is 30.6 Å². The first-order valence-electron chi connectivity index (χ1n) is 10.4. The molecule has 0 spiro atoms. The highest BCUT2D eigenvalue weighted by molar-refractivity contribution is 6.31. The van der Waals surface area contributed by atoms with Crippen LogP contribution in [0.1, 0.15) is 24.8 Å². The SMILES string of the molecule is CCN(NC(=O)CC(F)(F)F)C(=O)NCc1ccc(-c2cc(Cl)cc(F)c2-c2noc(C)n2)cc1F. The lowest BCUT2D eigenvalue weighted by molar-refractivity contribution is -0.156. The van der Waals surface area contributed by atoms with Crippen molar-refractivity contribution in [3.05, 3.63) is 58.4 Å². The molecule has 0 aliphatic carbocycles. The van der Waals surface area contributed by atoms with Crippen LogP contribution in [0.15, 0.2) is 34.9 Å². The molecule has 1 aromatic heterocycles. The molecule has 0 aliphatic heterocycles. The number of alkyl halides is 3. The van der Waals surface area contributed by atoms with Crippen molar-refractivity contribution in [1.82, 2.24) is 25.9 Å². The number of hydrogen-bond donors (Lipinski definition) is 2. The van der Waals surface area contributed by atoms with Gasteiger partial charge in [0.2, 0.25) is 17.6 Å². The molecule has 0 saturated heterocycles. The average Bonchev–Trinajstić information content (AvgIpc) is 3.20. The predicted octanol–water partition coefficient (Wildman–Crippen LogP) is 5.16. The molecule has 0 saturated carbocycles. The highest BCUT2D eigenvalue weighted by atomic mass is 35.5. The number of aromatic nitrogens is 2. The number of aryl methyl sites for hydroxylation is 1. The van der Waals surface area contributed by atoms with Crippen LogP contribution in [-0.4, -0.2) is 39.8 Å². The van der Waals surface area contributed by atoms with Gasteiger partial charge in [-0.2, -0.15) is 18.2 Å². The zero-order valence-electron chi connectivity index (χ0n) is 18.8. The third-order valence-corrected chi connectivity index (χ3v) is 5.00. The molecule has 3 amide bonds. The quantitative estimate of drug-likeness (QED) is 0.338. The lowest BCUT2D eigenvalue weighted by atomic mass is 9.97. The number of carbonyl (C=O) groups is 2. The number of hydrogen-bond acceptors (Lipinski definition) is 5. The second-order valence-electron chi connectivity index (χ2n) is 7.48. The van der Waals surface area contributed by atoms with Crippen molar-refractivity contribution in [2.24, 2.45) is 0 Å². The van der Waals surface area contributed by atoms with E-state index in [2.05, 4.69) is 15.5 Å². The van der Waals surface area contributed by atoms with Crippen LogP contribution in [0.4, 0.5) is 26.7 Å². The van der Waals surface area contributed by atoms with Crippen molar-refractivity contribution in [3.63, 3.8) is 0 Å². The first-order chi connectivity index (χ1) is 16.9. The summed E-state index contributed by atoms with van der Waals surface area (Å²) in [6, 6.07) is 5.39. The Morgan fingerprint density at radius 3 is 2.44 bits per heavy atom. The lowest BCUT2D eigenvalue weighted by Crippen LogP contribution is -2.51. The zero-order valence-corrected chi connectivity index (χ0v) is 19.6. The number of urea groups is 1. The minimum absolute atomic E-state index is 0.0178. The van der Waals surface area contributed by atoms with Gasteiger partial charge in [0.05, 0.1) is 5.56 Å². The highest BCUT2D eigenvalue weighted by Crippen LogP contribution is 2.36. The van der Waals surface area contributed by atoms with Crippen molar-refractivity contribution in [3.8, 4) is 22.5 Å². The molecule has 8 nitrogen and oxygen atoms in total. The van der Waals surface area contributed by atoms with E-state index in [-0.39, 0.29) is 52.1 Å². The Kier molecular flexibility index (Phi) is 8.13. The molecule has 1 heterocycles. The summed E-state index contributed by atoms with van der Waals surface area (Å²) in [5.74, 6) is -2.80. The second-order valence-corrected chi connectivity index (χ2v) is 7.92. The molecular weight excluding hydrogens is 513 g/mol. The molecule has 3 aromatic rings. The fraction of sp³-hybridized carbons (Fsp3) is 0.273. The Bertz CT molecular complexity index is 1280. The molecule has 2 aromatic carbocycles. The Labute approximate surface area is 206 Å². The third kappa shape index (κ3) is 6.68. The minimum Gasteiger partial charge on any atom is -0.339 e. The summed E-state index contributed by atoms with van der Waals surface area (Å²) >= 11 is 5.99. The Morgan fingerprint density at radius 2 is 1.86 bits per heavy atom. The van der Waals surface area contributed by atoms with Crippen molar-refractivity contribution in [2.45, 2.75) is 33.0 Å². The molecule has 0 unspecified atom stereocenters. The monoisotopic (exact) mass is 531 g/mol. The van der Waals surface area contributed by atoms with Crippen LogP contribution in [0.25, 0.3) is 22.5 Å². The van der Waals surface area contributed by atoms with Crippen molar-refractivity contribution >= 4 is 23.5 Å². The topological polar surface area (TPSA) is 100 Å². The molecule has 3 rings (SSSR count). The summed E-state index contributed by atoms with van der Waals surface area (Å²) in [7, 11) is 0. The minimum atomic E-state index is -4.74. The second kappa shape index (κ2) is 10.9. The average molecular weight is 532 g/mol. The van der Waals surface area contributed by atoms with Crippen molar-refractivity contribution in [2.75, 3.05) is 6.54 Å². The summed E-state index contributed by atoms with van der Waals surface area (Å²) in [5, 5.41) is 6.71. The van der Waals surface area contributed by atoms with Gasteiger partial charge in [-0.1, -0.05) is 28.9 Å². The molecule has 0 atom stereocenters. The zero-order chi connectivity index (χ0) is 26.6. The van der Waals surface area contributed by atoms with Crippen LogP contribution < -0.4 is 10.7 Å². The number of carbonyl (C=O) groups excluding carboxylic acids is 2. The number of amides is 3. The van der Waals surface area contributed by atoms with Crippen LogP contribution in [0, 0.1) is 18.6 Å². The molecule has 192 valence electrons. The van der Waals surface area contributed by atoms with Crippen molar-refractivity contribution < 1.29 is 36.1 Å². The van der Waals surface area contributed by atoms with Crippen LogP contribution in [-0.2, 0) is 11.3 Å². The van der Waals surface area contributed by atoms with E-state index in [4.69, 9.17) is 16.1 Å². The molecule has 0 radical (unpaired) electrons. The number of nitrogens with zero attached hydrogens (tertiary/aromatic N) is 3. The van der Waals surface area contributed by atoms with Crippen LogP contribution >= 0.6 is 11.6 Å². The van der Waals surface area contributed by atoms with E-state index >= 15 is 0 Å². The molecule has 0 aliphatic rings. The largest absolute Gasteiger partial charge is 0.397 e. The van der Waals surface area contributed by atoms with Gasteiger partial charge in [0.15, 0.2) is 0 Å². The molecule has 0 bridgehead atoms. The van der Waals surface area contributed by atoms with Crippen molar-refractivity contribution in [1.29, 1.82) is 0 Å². The summed E-state index contributed by atoms with van der Waals surface area (Å²) < 4.78 is 71.5. The first-order valence-corrected chi connectivity index (χ1v) is 10.8. The van der Waals surface area contributed by atoms with Gasteiger partial charge < -0.3 is 9.84 Å². The van der Waals surface area contributed by atoms with Crippen LogP contribution in [0.3, 0.4) is 0 Å². The van der Waals surface area contributed by atoms with E-state index in [1.807, 2.05) is 5.43 Å². The van der Waals surface area contributed by atoms with E-state index in [0.29, 0.717) is 5.01 Å². The van der Waals surface area contributed by atoms with Crippen LogP contribution in [0.2, 0.25) is 5.02 Å². The molecule has 36 heavy (non-hydrogen) atoms. The number of nitrogens with one attached hydrogen (secondary N) is 2. The fourth-order valence-electron chi connectivity index (χ4n) is 3.20. The normalized spacial score (nSPS) is 11.3. The third-order valence-electron chi connectivity index (χ3n) is 4.78. The Balaban J connectivity index is 1.77. The number of hydrazine groups is 1. The Morgan fingerprint density at radius 1 is 1.14 bits per heavy atom. The highest BCUT2D eigenvalue weighted by Gasteiger charge is 2.32. The number of halogens is 6. The Hall–Kier alpha value is -3.74. The molecule has 0 fully saturated rings. The van der Waals surface area contributed by atoms with Gasteiger partial charge in [-0.25, -0.2) is 18.6 Å². The first kappa shape index (κ1) is 26.9. The van der Waals surface area contributed by atoms with Gasteiger partial charge in [-0.05, 0) is 36.2 Å². The maximum Gasteiger partial charge on any atom is 0.397 e. The van der Waals surface area contributed by atoms with E-state index in [9.17, 15) is 31.5 Å². The van der Waals surface area contributed by atoms with Gasteiger partial charge >= 0.3 is 12.2 Å². The lowest BCUT2D eigenvalue weighted by Gasteiger charge is -2.22. The maximum atomic E-state index is 14.9. The van der Waals surface area contributed by atoms with E-state index in [1.165, 1.54) is 32.0 Å². The number of rotatable bonds is 6. The van der Waals surface area contributed by atoms with Gasteiger partial charge in [0.1, 0.15) is 18.1 Å². The molecule has 14 heteroatoms. The summed E-state index contributed by atoms with van der Waals surface area (Å²) in [6.45, 7) is 2.46. The van der Waals surface area contributed by atoms with Gasteiger partial charge in [0.25, 0.3) is 0 Å². The fourth-order valence-corrected chi connectivity index (χ4v) is 3.40.